The molecule has 0 bridgehead atoms. The summed E-state index contributed by atoms with van der Waals surface area (Å²) in [6.07, 6.45) is 2.93. The van der Waals surface area contributed by atoms with Crippen LogP contribution in [-0.4, -0.2) is 38.3 Å². The van der Waals surface area contributed by atoms with Crippen LogP contribution in [0.5, 0.6) is 0 Å². The van der Waals surface area contributed by atoms with E-state index in [9.17, 15) is 4.79 Å². The first kappa shape index (κ1) is 9.73. The molecule has 6 nitrogen and oxygen atoms in total. The summed E-state index contributed by atoms with van der Waals surface area (Å²) in [6, 6.07) is 0. The van der Waals surface area contributed by atoms with Crippen molar-refractivity contribution < 1.29 is 14.6 Å². The molecule has 7 heteroatoms. The molecule has 0 radical (unpaired) electrons. The summed E-state index contributed by atoms with van der Waals surface area (Å²) in [5.41, 5.74) is 0.637. The normalized spacial score (nSPS) is 19.9. The number of aromatic nitrogens is 3. The van der Waals surface area contributed by atoms with Gasteiger partial charge in [0.2, 0.25) is 5.01 Å². The van der Waals surface area contributed by atoms with E-state index in [4.69, 9.17) is 9.84 Å². The minimum Gasteiger partial charge on any atom is -0.476 e. The summed E-state index contributed by atoms with van der Waals surface area (Å²) in [4.78, 5) is 19.6. The fraction of sp³-hybridized carbons (Fsp3) is 0.444. The molecule has 2 aromatic heterocycles. The molecule has 1 saturated heterocycles. The monoisotopic (exact) mass is 239 g/mol. The van der Waals surface area contributed by atoms with Gasteiger partial charge in [0, 0.05) is 6.61 Å². The highest BCUT2D eigenvalue weighted by molar-refractivity contribution is 7.19. The molecule has 0 amide bonds. The molecular formula is C9H9N3O3S. The first-order valence-corrected chi connectivity index (χ1v) is 5.72. The Morgan fingerprint density at radius 2 is 2.56 bits per heavy atom. The van der Waals surface area contributed by atoms with Crippen LogP contribution < -0.4 is 0 Å². The SMILES string of the molecule is O=C(O)c1nc2c(ncn2CC2CCO2)s1. The van der Waals surface area contributed by atoms with Gasteiger partial charge in [0.1, 0.15) is 0 Å². The predicted molar refractivity (Wildman–Crippen MR) is 56.7 cm³/mol. The molecule has 1 aliphatic rings. The Kier molecular flexibility index (Phi) is 2.15. The number of rotatable bonds is 3. The second kappa shape index (κ2) is 3.53. The maximum absolute atomic E-state index is 10.8. The molecule has 16 heavy (non-hydrogen) atoms. The predicted octanol–water partition coefficient (Wildman–Crippen LogP) is 0.980. The van der Waals surface area contributed by atoms with E-state index < -0.39 is 5.97 Å². The average Bonchev–Trinajstić information content (AvgIpc) is 2.70. The van der Waals surface area contributed by atoms with Crippen LogP contribution in [0.15, 0.2) is 6.33 Å². The summed E-state index contributed by atoms with van der Waals surface area (Å²) in [6.45, 7) is 1.50. The number of nitrogens with zero attached hydrogens (tertiary/aromatic N) is 3. The van der Waals surface area contributed by atoms with E-state index in [1.807, 2.05) is 4.57 Å². The molecule has 3 rings (SSSR count). The molecule has 1 unspecified atom stereocenters. The van der Waals surface area contributed by atoms with Crippen LogP contribution in [0.1, 0.15) is 16.2 Å². The fourth-order valence-electron chi connectivity index (χ4n) is 1.63. The van der Waals surface area contributed by atoms with Gasteiger partial charge < -0.3 is 14.4 Å². The van der Waals surface area contributed by atoms with Gasteiger partial charge in [-0.25, -0.2) is 14.8 Å². The summed E-state index contributed by atoms with van der Waals surface area (Å²) in [7, 11) is 0. The van der Waals surface area contributed by atoms with E-state index in [-0.39, 0.29) is 11.1 Å². The number of carboxylic acids is 1. The van der Waals surface area contributed by atoms with Crippen molar-refractivity contribution in [1.29, 1.82) is 0 Å². The number of carboxylic acid groups (broad SMARTS) is 1. The standard InChI is InChI=1S/C9H9N3O3S/c13-9(14)8-11-6-7(16-8)10-4-12(6)3-5-1-2-15-5/h4-5H,1-3H2,(H,13,14). The summed E-state index contributed by atoms with van der Waals surface area (Å²) in [5, 5.41) is 8.91. The van der Waals surface area contributed by atoms with E-state index in [2.05, 4.69) is 9.97 Å². The van der Waals surface area contributed by atoms with Crippen LogP contribution in [0.2, 0.25) is 0 Å². The first-order chi connectivity index (χ1) is 7.74. The van der Waals surface area contributed by atoms with E-state index >= 15 is 0 Å². The third-order valence-corrected chi connectivity index (χ3v) is 3.50. The quantitative estimate of drug-likeness (QED) is 0.863. The van der Waals surface area contributed by atoms with E-state index in [0.717, 1.165) is 24.4 Å². The zero-order valence-corrected chi connectivity index (χ0v) is 9.11. The number of imidazole rings is 1. The van der Waals surface area contributed by atoms with Crippen molar-refractivity contribution in [1.82, 2.24) is 14.5 Å². The average molecular weight is 239 g/mol. The van der Waals surface area contributed by atoms with Crippen LogP contribution >= 0.6 is 11.3 Å². The van der Waals surface area contributed by atoms with Crippen molar-refractivity contribution in [3.8, 4) is 0 Å². The number of carbonyl (C=O) groups is 1. The largest absolute Gasteiger partial charge is 0.476 e. The Bertz CT molecular complexity index is 543. The van der Waals surface area contributed by atoms with Gasteiger partial charge in [-0.1, -0.05) is 11.3 Å². The number of hydrogen-bond donors (Lipinski definition) is 1. The lowest BCUT2D eigenvalue weighted by Crippen LogP contribution is -2.31. The number of aromatic carboxylic acids is 1. The van der Waals surface area contributed by atoms with Crippen molar-refractivity contribution in [2.75, 3.05) is 6.61 Å². The minimum atomic E-state index is -1.01. The van der Waals surface area contributed by atoms with Crippen molar-refractivity contribution >= 4 is 27.8 Å². The summed E-state index contributed by atoms with van der Waals surface area (Å²) >= 11 is 1.10. The molecule has 0 spiro atoms. The third-order valence-electron chi connectivity index (χ3n) is 2.56. The van der Waals surface area contributed by atoms with Crippen LogP contribution in [0.4, 0.5) is 0 Å². The lowest BCUT2D eigenvalue weighted by molar-refractivity contribution is -0.0587. The molecule has 2 aromatic rings. The Morgan fingerprint density at radius 3 is 3.19 bits per heavy atom. The Morgan fingerprint density at radius 1 is 1.75 bits per heavy atom. The maximum atomic E-state index is 10.8. The summed E-state index contributed by atoms with van der Waals surface area (Å²) < 4.78 is 7.17. The van der Waals surface area contributed by atoms with E-state index in [0.29, 0.717) is 17.0 Å². The third kappa shape index (κ3) is 1.48. The Balaban J connectivity index is 1.94. The van der Waals surface area contributed by atoms with Crippen LogP contribution in [0, 0.1) is 0 Å². The molecule has 0 saturated carbocycles. The summed E-state index contributed by atoms with van der Waals surface area (Å²) in [5.74, 6) is -1.01. The number of fused-ring (bicyclic) bond motifs is 1. The van der Waals surface area contributed by atoms with E-state index in [1.165, 1.54) is 0 Å². The topological polar surface area (TPSA) is 77.2 Å². The van der Waals surface area contributed by atoms with E-state index in [1.54, 1.807) is 6.33 Å². The van der Waals surface area contributed by atoms with Gasteiger partial charge in [-0.2, -0.15) is 0 Å². The van der Waals surface area contributed by atoms with Crippen molar-refractivity contribution in [2.24, 2.45) is 0 Å². The highest BCUT2D eigenvalue weighted by Crippen LogP contribution is 2.22. The van der Waals surface area contributed by atoms with Crippen molar-refractivity contribution in [3.05, 3.63) is 11.3 Å². The molecule has 1 atom stereocenters. The highest BCUT2D eigenvalue weighted by atomic mass is 32.1. The number of hydrogen-bond acceptors (Lipinski definition) is 5. The van der Waals surface area contributed by atoms with Crippen LogP contribution in [0.3, 0.4) is 0 Å². The van der Waals surface area contributed by atoms with Gasteiger partial charge in [-0.3, -0.25) is 0 Å². The molecular weight excluding hydrogens is 230 g/mol. The molecule has 84 valence electrons. The van der Waals surface area contributed by atoms with Gasteiger partial charge in [0.05, 0.1) is 19.0 Å². The molecule has 1 N–H and O–H groups in total. The van der Waals surface area contributed by atoms with Crippen molar-refractivity contribution in [2.45, 2.75) is 19.1 Å². The van der Waals surface area contributed by atoms with Gasteiger partial charge >= 0.3 is 5.97 Å². The smallest absolute Gasteiger partial charge is 0.365 e. The second-order valence-corrected chi connectivity index (χ2v) is 4.61. The Labute approximate surface area is 94.5 Å². The van der Waals surface area contributed by atoms with Crippen molar-refractivity contribution in [3.63, 3.8) is 0 Å². The maximum Gasteiger partial charge on any atom is 0.365 e. The minimum absolute atomic E-state index is 0.0846. The second-order valence-electron chi connectivity index (χ2n) is 3.63. The Hall–Kier alpha value is -1.47. The zero-order valence-electron chi connectivity index (χ0n) is 8.29. The number of thiazole rings is 1. The van der Waals surface area contributed by atoms with Crippen LogP contribution in [-0.2, 0) is 11.3 Å². The lowest BCUT2D eigenvalue weighted by Gasteiger charge is -2.26. The van der Waals surface area contributed by atoms with Crippen LogP contribution in [0.25, 0.3) is 10.5 Å². The molecule has 3 heterocycles. The van der Waals surface area contributed by atoms with Gasteiger partial charge in [-0.05, 0) is 6.42 Å². The molecule has 0 aromatic carbocycles. The molecule has 1 fully saturated rings. The first-order valence-electron chi connectivity index (χ1n) is 4.90. The number of ether oxygens (including phenoxy) is 1. The van der Waals surface area contributed by atoms with Gasteiger partial charge in [0.15, 0.2) is 10.5 Å². The van der Waals surface area contributed by atoms with Gasteiger partial charge in [0.25, 0.3) is 0 Å². The lowest BCUT2D eigenvalue weighted by atomic mass is 10.2. The fourth-order valence-corrected chi connectivity index (χ4v) is 2.38. The molecule has 0 aliphatic carbocycles. The van der Waals surface area contributed by atoms with Gasteiger partial charge in [-0.15, -0.1) is 0 Å². The highest BCUT2D eigenvalue weighted by Gasteiger charge is 2.21. The molecule has 1 aliphatic heterocycles. The zero-order chi connectivity index (χ0) is 11.1.